The van der Waals surface area contributed by atoms with Gasteiger partial charge in [0, 0.05) is 16.3 Å². The average molecular weight is 414 g/mol. The van der Waals surface area contributed by atoms with Crippen LogP contribution in [0.2, 0.25) is 10.0 Å². The van der Waals surface area contributed by atoms with Gasteiger partial charge in [-0.2, -0.15) is 0 Å². The first-order valence-electron chi connectivity index (χ1n) is 8.53. The van der Waals surface area contributed by atoms with Crippen molar-refractivity contribution in [1.82, 2.24) is 0 Å². The fraction of sp³-hybridized carbons (Fsp3) is 0.0909. The summed E-state index contributed by atoms with van der Waals surface area (Å²) in [6.45, 7) is 1.87. The Hall–Kier alpha value is -2.82. The van der Waals surface area contributed by atoms with E-state index in [2.05, 4.69) is 5.32 Å². The van der Waals surface area contributed by atoms with E-state index in [0.29, 0.717) is 16.3 Å². The fourth-order valence-corrected chi connectivity index (χ4v) is 2.97. The Morgan fingerprint density at radius 2 is 1.57 bits per heavy atom. The van der Waals surface area contributed by atoms with E-state index in [0.717, 1.165) is 5.56 Å². The minimum atomic E-state index is -1.15. The topological polar surface area (TPSA) is 55.4 Å². The lowest BCUT2D eigenvalue weighted by Gasteiger charge is -2.18. The third-order valence-electron chi connectivity index (χ3n) is 4.10. The zero-order chi connectivity index (χ0) is 20.1. The van der Waals surface area contributed by atoms with Crippen molar-refractivity contribution in [3.05, 3.63) is 99.5 Å². The number of halogens is 2. The summed E-state index contributed by atoms with van der Waals surface area (Å²) in [6.07, 6.45) is -1.15. The quantitative estimate of drug-likeness (QED) is 0.534. The van der Waals surface area contributed by atoms with Crippen molar-refractivity contribution >= 4 is 40.8 Å². The molecular formula is C22H17Cl2NO3. The second-order valence-electron chi connectivity index (χ2n) is 6.13. The van der Waals surface area contributed by atoms with E-state index in [4.69, 9.17) is 27.9 Å². The number of esters is 1. The van der Waals surface area contributed by atoms with Gasteiger partial charge < -0.3 is 10.1 Å². The number of hydrogen-bond donors (Lipinski definition) is 1. The number of ether oxygens (including phenoxy) is 1. The van der Waals surface area contributed by atoms with E-state index in [1.807, 2.05) is 13.0 Å². The Labute approximate surface area is 173 Å². The Bertz CT molecular complexity index is 1010. The summed E-state index contributed by atoms with van der Waals surface area (Å²) in [6, 6.07) is 20.5. The third-order valence-corrected chi connectivity index (χ3v) is 4.84. The normalized spacial score (nSPS) is 11.5. The zero-order valence-electron chi connectivity index (χ0n) is 15.0. The molecule has 6 heteroatoms. The molecule has 0 saturated carbocycles. The van der Waals surface area contributed by atoms with Crippen molar-refractivity contribution in [2.45, 2.75) is 13.0 Å². The van der Waals surface area contributed by atoms with Crippen molar-refractivity contribution in [3.63, 3.8) is 0 Å². The van der Waals surface area contributed by atoms with Crippen LogP contribution in [0.5, 0.6) is 0 Å². The Morgan fingerprint density at radius 3 is 2.25 bits per heavy atom. The summed E-state index contributed by atoms with van der Waals surface area (Å²) in [7, 11) is 0. The number of hydrogen-bond acceptors (Lipinski definition) is 3. The van der Waals surface area contributed by atoms with E-state index in [-0.39, 0.29) is 10.6 Å². The van der Waals surface area contributed by atoms with Crippen LogP contribution in [-0.2, 0) is 9.53 Å². The number of aryl methyl sites for hydroxylation is 1. The van der Waals surface area contributed by atoms with Gasteiger partial charge in [-0.3, -0.25) is 4.79 Å². The van der Waals surface area contributed by atoms with Gasteiger partial charge in [0.2, 0.25) is 6.10 Å². The van der Waals surface area contributed by atoms with Crippen LogP contribution < -0.4 is 5.32 Å². The van der Waals surface area contributed by atoms with Gasteiger partial charge in [0.15, 0.2) is 0 Å². The maximum atomic E-state index is 12.9. The molecule has 1 amide bonds. The molecule has 0 bridgehead atoms. The van der Waals surface area contributed by atoms with E-state index >= 15 is 0 Å². The molecule has 3 rings (SSSR count). The fourth-order valence-electron chi connectivity index (χ4n) is 2.58. The predicted molar refractivity (Wildman–Crippen MR) is 111 cm³/mol. The molecule has 3 aromatic carbocycles. The maximum Gasteiger partial charge on any atom is 0.340 e. The summed E-state index contributed by atoms with van der Waals surface area (Å²) in [4.78, 5) is 25.5. The summed E-state index contributed by atoms with van der Waals surface area (Å²) in [5, 5.41) is 3.53. The van der Waals surface area contributed by atoms with Gasteiger partial charge in [-0.15, -0.1) is 0 Å². The highest BCUT2D eigenvalue weighted by Crippen LogP contribution is 2.25. The van der Waals surface area contributed by atoms with E-state index in [9.17, 15) is 9.59 Å². The molecular weight excluding hydrogens is 397 g/mol. The molecule has 0 radical (unpaired) electrons. The van der Waals surface area contributed by atoms with Crippen LogP contribution in [0.1, 0.15) is 27.6 Å². The monoisotopic (exact) mass is 413 g/mol. The van der Waals surface area contributed by atoms with Crippen LogP contribution in [0, 0.1) is 6.92 Å². The van der Waals surface area contributed by atoms with Crippen LogP contribution in [0.4, 0.5) is 5.69 Å². The summed E-state index contributed by atoms with van der Waals surface area (Å²) in [5.74, 6) is -1.18. The summed E-state index contributed by atoms with van der Waals surface area (Å²) >= 11 is 12.2. The highest BCUT2D eigenvalue weighted by Gasteiger charge is 2.26. The van der Waals surface area contributed by atoms with Crippen LogP contribution in [0.15, 0.2) is 72.8 Å². The van der Waals surface area contributed by atoms with Gasteiger partial charge in [0.05, 0.1) is 10.6 Å². The second kappa shape index (κ2) is 8.91. The molecule has 0 spiro atoms. The molecule has 0 aliphatic rings. The van der Waals surface area contributed by atoms with E-state index in [1.54, 1.807) is 66.7 Å². The highest BCUT2D eigenvalue weighted by atomic mass is 35.5. The van der Waals surface area contributed by atoms with E-state index in [1.165, 1.54) is 0 Å². The molecule has 28 heavy (non-hydrogen) atoms. The average Bonchev–Trinajstić information content (AvgIpc) is 2.69. The molecule has 0 saturated heterocycles. The number of carbonyl (C=O) groups excluding carboxylic acids is 2. The third kappa shape index (κ3) is 4.71. The Morgan fingerprint density at radius 1 is 0.893 bits per heavy atom. The van der Waals surface area contributed by atoms with Gasteiger partial charge in [0.25, 0.3) is 5.91 Å². The Balaban J connectivity index is 1.86. The lowest BCUT2D eigenvalue weighted by molar-refractivity contribution is -0.125. The highest BCUT2D eigenvalue weighted by molar-refractivity contribution is 6.33. The minimum Gasteiger partial charge on any atom is -0.444 e. The largest absolute Gasteiger partial charge is 0.444 e. The lowest BCUT2D eigenvalue weighted by atomic mass is 10.1. The molecule has 0 aliphatic heterocycles. The maximum absolute atomic E-state index is 12.9. The molecule has 0 heterocycles. The van der Waals surface area contributed by atoms with Crippen molar-refractivity contribution in [1.29, 1.82) is 0 Å². The second-order valence-corrected chi connectivity index (χ2v) is 6.94. The van der Waals surface area contributed by atoms with Gasteiger partial charge in [0.1, 0.15) is 0 Å². The van der Waals surface area contributed by atoms with E-state index < -0.39 is 18.0 Å². The van der Waals surface area contributed by atoms with Gasteiger partial charge in [-0.05, 0) is 36.8 Å². The molecule has 4 nitrogen and oxygen atoms in total. The predicted octanol–water partition coefficient (Wildman–Crippen LogP) is 5.84. The molecule has 3 aromatic rings. The van der Waals surface area contributed by atoms with Gasteiger partial charge in [-0.25, -0.2) is 4.79 Å². The number of amides is 1. The number of rotatable bonds is 5. The lowest BCUT2D eigenvalue weighted by Crippen LogP contribution is -2.26. The SMILES string of the molecule is Cc1ccc(NC(=O)[C@@H](OC(=O)c2ccccc2Cl)c2ccccc2)cc1Cl. The van der Waals surface area contributed by atoms with Crippen molar-refractivity contribution < 1.29 is 14.3 Å². The number of nitrogens with one attached hydrogen (secondary N) is 1. The number of carbonyl (C=O) groups is 2. The van der Waals surface area contributed by atoms with Crippen LogP contribution >= 0.6 is 23.2 Å². The zero-order valence-corrected chi connectivity index (χ0v) is 16.5. The molecule has 1 N–H and O–H groups in total. The molecule has 142 valence electrons. The smallest absolute Gasteiger partial charge is 0.340 e. The molecule has 0 aromatic heterocycles. The summed E-state index contributed by atoms with van der Waals surface area (Å²) in [5.41, 5.74) is 2.13. The number of anilines is 1. The van der Waals surface area contributed by atoms with Crippen molar-refractivity contribution in [2.75, 3.05) is 5.32 Å². The Kier molecular flexibility index (Phi) is 6.34. The standard InChI is InChI=1S/C22H17Cl2NO3/c1-14-11-12-16(13-19(14)24)25-21(26)20(15-7-3-2-4-8-15)28-22(27)17-9-5-6-10-18(17)23/h2-13,20H,1H3,(H,25,26)/t20-/m0/s1. The molecule has 0 unspecified atom stereocenters. The molecule has 1 atom stereocenters. The molecule has 0 aliphatic carbocycles. The van der Waals surface area contributed by atoms with Crippen LogP contribution in [0.3, 0.4) is 0 Å². The first kappa shape index (κ1) is 19.9. The first-order chi connectivity index (χ1) is 13.5. The van der Waals surface area contributed by atoms with Crippen molar-refractivity contribution in [3.8, 4) is 0 Å². The van der Waals surface area contributed by atoms with Gasteiger partial charge in [-0.1, -0.05) is 71.7 Å². The van der Waals surface area contributed by atoms with Gasteiger partial charge >= 0.3 is 5.97 Å². The van der Waals surface area contributed by atoms with Crippen molar-refractivity contribution in [2.24, 2.45) is 0 Å². The minimum absolute atomic E-state index is 0.191. The summed E-state index contributed by atoms with van der Waals surface area (Å²) < 4.78 is 5.52. The van der Waals surface area contributed by atoms with Crippen LogP contribution in [0.25, 0.3) is 0 Å². The molecule has 0 fully saturated rings. The number of benzene rings is 3. The van der Waals surface area contributed by atoms with Crippen LogP contribution in [-0.4, -0.2) is 11.9 Å². The first-order valence-corrected chi connectivity index (χ1v) is 9.29.